The van der Waals surface area contributed by atoms with E-state index in [1.807, 2.05) is 18.5 Å². The van der Waals surface area contributed by atoms with Crippen LogP contribution in [0.5, 0.6) is 0 Å². The van der Waals surface area contributed by atoms with Crippen LogP contribution in [0.2, 0.25) is 0 Å². The Kier molecular flexibility index (Phi) is 3.57. The molecule has 1 fully saturated rings. The van der Waals surface area contributed by atoms with Crippen LogP contribution in [0.4, 0.5) is 0 Å². The highest BCUT2D eigenvalue weighted by Gasteiger charge is 2.19. The Morgan fingerprint density at radius 1 is 1.43 bits per heavy atom. The summed E-state index contributed by atoms with van der Waals surface area (Å²) in [6.45, 7) is 0. The first kappa shape index (κ1) is 10.2. The van der Waals surface area contributed by atoms with E-state index in [-0.39, 0.29) is 0 Å². The third-order valence-corrected chi connectivity index (χ3v) is 3.80. The molecule has 0 radical (unpaired) electrons. The molecule has 0 bridgehead atoms. The molecule has 1 aromatic rings. The molecule has 1 saturated carbocycles. The molecule has 0 spiro atoms. The first-order chi connectivity index (χ1) is 6.84. The summed E-state index contributed by atoms with van der Waals surface area (Å²) in [5, 5.41) is 0. The zero-order valence-electron chi connectivity index (χ0n) is 8.32. The van der Waals surface area contributed by atoms with E-state index in [1.54, 1.807) is 0 Å². The minimum absolute atomic E-state index is 0.748. The number of aromatic nitrogens is 1. The fourth-order valence-corrected chi connectivity index (χ4v) is 3.12. The van der Waals surface area contributed by atoms with E-state index < -0.39 is 0 Å². The Morgan fingerprint density at radius 3 is 3.07 bits per heavy atom. The van der Waals surface area contributed by atoms with Gasteiger partial charge in [-0.05, 0) is 36.8 Å². The number of nitrogens with zero attached hydrogens (tertiary/aromatic N) is 1. The molecule has 1 aromatic heterocycles. The first-order valence-electron chi connectivity index (χ1n) is 5.37. The van der Waals surface area contributed by atoms with Gasteiger partial charge in [0, 0.05) is 17.2 Å². The van der Waals surface area contributed by atoms with Gasteiger partial charge in [0.2, 0.25) is 0 Å². The SMILES string of the molecule is BrC1CCCC(Cc2cccnc2)C1. The molecule has 0 N–H and O–H groups in total. The fraction of sp³-hybridized carbons (Fsp3) is 0.583. The highest BCUT2D eigenvalue weighted by atomic mass is 79.9. The molecule has 2 heteroatoms. The molecule has 2 unspecified atom stereocenters. The molecule has 0 aromatic carbocycles. The van der Waals surface area contributed by atoms with Gasteiger partial charge in [-0.1, -0.05) is 34.8 Å². The van der Waals surface area contributed by atoms with E-state index >= 15 is 0 Å². The quantitative estimate of drug-likeness (QED) is 0.735. The van der Waals surface area contributed by atoms with Crippen molar-refractivity contribution in [2.75, 3.05) is 0 Å². The lowest BCUT2D eigenvalue weighted by molar-refractivity contribution is 0.367. The second kappa shape index (κ2) is 4.92. The Labute approximate surface area is 94.1 Å². The molecule has 1 nitrogen and oxygen atoms in total. The van der Waals surface area contributed by atoms with Crippen LogP contribution in [0, 0.1) is 5.92 Å². The smallest absolute Gasteiger partial charge is 0.0299 e. The topological polar surface area (TPSA) is 12.9 Å². The van der Waals surface area contributed by atoms with Crippen LogP contribution in [0.3, 0.4) is 0 Å². The van der Waals surface area contributed by atoms with E-state index in [1.165, 1.54) is 37.7 Å². The maximum absolute atomic E-state index is 4.16. The molecule has 14 heavy (non-hydrogen) atoms. The highest BCUT2D eigenvalue weighted by Crippen LogP contribution is 2.30. The molecule has 0 aliphatic heterocycles. The van der Waals surface area contributed by atoms with Gasteiger partial charge in [-0.2, -0.15) is 0 Å². The summed E-state index contributed by atoms with van der Waals surface area (Å²) in [7, 11) is 0. The molecule has 2 rings (SSSR count). The van der Waals surface area contributed by atoms with Gasteiger partial charge >= 0.3 is 0 Å². The maximum Gasteiger partial charge on any atom is 0.0299 e. The first-order valence-corrected chi connectivity index (χ1v) is 6.29. The maximum atomic E-state index is 4.16. The van der Waals surface area contributed by atoms with Crippen LogP contribution >= 0.6 is 15.9 Å². The average molecular weight is 254 g/mol. The van der Waals surface area contributed by atoms with Crippen LogP contribution in [-0.4, -0.2) is 9.81 Å². The molecule has 2 atom stereocenters. The van der Waals surface area contributed by atoms with Crippen molar-refractivity contribution >= 4 is 15.9 Å². The standard InChI is InChI=1S/C12H16BrN/c13-12-5-1-3-10(8-12)7-11-4-2-6-14-9-11/h2,4,6,9-10,12H,1,3,5,7-8H2. The highest BCUT2D eigenvalue weighted by molar-refractivity contribution is 9.09. The average Bonchev–Trinajstić information content (AvgIpc) is 2.19. The lowest BCUT2D eigenvalue weighted by atomic mass is 9.85. The van der Waals surface area contributed by atoms with Crippen molar-refractivity contribution in [1.29, 1.82) is 0 Å². The summed E-state index contributed by atoms with van der Waals surface area (Å²) >= 11 is 3.73. The number of rotatable bonds is 2. The van der Waals surface area contributed by atoms with Gasteiger partial charge in [-0.15, -0.1) is 0 Å². The summed E-state index contributed by atoms with van der Waals surface area (Å²) in [4.78, 5) is 4.91. The van der Waals surface area contributed by atoms with Gasteiger partial charge in [0.05, 0.1) is 0 Å². The van der Waals surface area contributed by atoms with Crippen LogP contribution in [0.1, 0.15) is 31.2 Å². The van der Waals surface area contributed by atoms with Gasteiger partial charge < -0.3 is 0 Å². The van der Waals surface area contributed by atoms with Gasteiger partial charge in [0.1, 0.15) is 0 Å². The lowest BCUT2D eigenvalue weighted by Gasteiger charge is -2.25. The van der Waals surface area contributed by atoms with E-state index in [0.29, 0.717) is 0 Å². The van der Waals surface area contributed by atoms with E-state index in [4.69, 9.17) is 0 Å². The van der Waals surface area contributed by atoms with E-state index in [0.717, 1.165) is 10.7 Å². The Bertz CT molecular complexity index is 273. The predicted octanol–water partition coefficient (Wildman–Crippen LogP) is 3.58. The Hall–Kier alpha value is -0.370. The van der Waals surface area contributed by atoms with Crippen molar-refractivity contribution < 1.29 is 0 Å². The minimum Gasteiger partial charge on any atom is -0.264 e. The van der Waals surface area contributed by atoms with Crippen LogP contribution in [0.25, 0.3) is 0 Å². The van der Waals surface area contributed by atoms with E-state index in [9.17, 15) is 0 Å². The molecule has 1 aliphatic carbocycles. The molecular formula is C12H16BrN. The van der Waals surface area contributed by atoms with Crippen molar-refractivity contribution in [2.24, 2.45) is 5.92 Å². The van der Waals surface area contributed by atoms with Gasteiger partial charge in [-0.3, -0.25) is 4.98 Å². The van der Waals surface area contributed by atoms with Crippen molar-refractivity contribution in [3.8, 4) is 0 Å². The zero-order valence-corrected chi connectivity index (χ0v) is 9.91. The monoisotopic (exact) mass is 253 g/mol. The third kappa shape index (κ3) is 2.81. The van der Waals surface area contributed by atoms with Gasteiger partial charge in [0.25, 0.3) is 0 Å². The van der Waals surface area contributed by atoms with Gasteiger partial charge in [0.15, 0.2) is 0 Å². The minimum atomic E-state index is 0.748. The van der Waals surface area contributed by atoms with Crippen molar-refractivity contribution in [2.45, 2.75) is 36.9 Å². The Morgan fingerprint density at radius 2 is 2.36 bits per heavy atom. The Balaban J connectivity index is 1.91. The second-order valence-electron chi connectivity index (χ2n) is 4.20. The largest absolute Gasteiger partial charge is 0.264 e. The number of pyridine rings is 1. The van der Waals surface area contributed by atoms with Gasteiger partial charge in [-0.25, -0.2) is 0 Å². The molecule has 0 saturated heterocycles. The van der Waals surface area contributed by atoms with Crippen LogP contribution < -0.4 is 0 Å². The summed E-state index contributed by atoms with van der Waals surface area (Å²) in [5.74, 6) is 0.859. The van der Waals surface area contributed by atoms with Crippen molar-refractivity contribution in [3.05, 3.63) is 30.1 Å². The van der Waals surface area contributed by atoms with E-state index in [2.05, 4.69) is 27.0 Å². The zero-order chi connectivity index (χ0) is 9.80. The fourth-order valence-electron chi connectivity index (χ4n) is 2.26. The van der Waals surface area contributed by atoms with Crippen LogP contribution in [0.15, 0.2) is 24.5 Å². The second-order valence-corrected chi connectivity index (χ2v) is 5.49. The molecule has 1 heterocycles. The number of hydrogen-bond donors (Lipinski definition) is 0. The molecule has 76 valence electrons. The van der Waals surface area contributed by atoms with Crippen molar-refractivity contribution in [1.82, 2.24) is 4.98 Å². The lowest BCUT2D eigenvalue weighted by Crippen LogP contribution is -2.17. The molecular weight excluding hydrogens is 238 g/mol. The number of halogens is 1. The predicted molar refractivity (Wildman–Crippen MR) is 62.6 cm³/mol. The summed E-state index contributed by atoms with van der Waals surface area (Å²) < 4.78 is 0. The number of alkyl halides is 1. The normalized spacial score (nSPS) is 27.5. The third-order valence-electron chi connectivity index (χ3n) is 2.97. The summed E-state index contributed by atoms with van der Waals surface area (Å²) in [6, 6.07) is 4.22. The molecule has 1 aliphatic rings. The number of hydrogen-bond acceptors (Lipinski definition) is 1. The molecule has 0 amide bonds. The van der Waals surface area contributed by atoms with Crippen LogP contribution in [-0.2, 0) is 6.42 Å². The summed E-state index contributed by atoms with van der Waals surface area (Å²) in [5.41, 5.74) is 1.39. The van der Waals surface area contributed by atoms with Crippen molar-refractivity contribution in [3.63, 3.8) is 0 Å². The summed E-state index contributed by atoms with van der Waals surface area (Å²) in [6.07, 6.45) is 10.5.